The van der Waals surface area contributed by atoms with Crippen molar-refractivity contribution in [2.45, 2.75) is 38.6 Å². The number of rotatable bonds is 5. The van der Waals surface area contributed by atoms with Gasteiger partial charge in [-0.2, -0.15) is 5.26 Å². The van der Waals surface area contributed by atoms with E-state index in [4.69, 9.17) is 27.9 Å². The van der Waals surface area contributed by atoms with Gasteiger partial charge in [0.25, 0.3) is 5.56 Å². The van der Waals surface area contributed by atoms with Gasteiger partial charge in [-0.1, -0.05) is 36.0 Å². The summed E-state index contributed by atoms with van der Waals surface area (Å²) in [6.07, 6.45) is 3.28. The number of nitriles is 1. The fraction of sp³-hybridized carbons (Fsp3) is 0.350. The molecule has 0 aliphatic heterocycles. The highest BCUT2D eigenvalue weighted by molar-refractivity contribution is 6.35. The van der Waals surface area contributed by atoms with Crippen LogP contribution in [0.1, 0.15) is 53.2 Å². The summed E-state index contributed by atoms with van der Waals surface area (Å²) in [4.78, 5) is 25.5. The number of Topliss-reactive ketones (excluding diaryl/α,β-unsaturated/α-hetero) is 1. The largest absolute Gasteiger partial charge is 0.494 e. The first-order valence-electron chi connectivity index (χ1n) is 8.84. The fourth-order valence-corrected chi connectivity index (χ4v) is 4.03. The van der Waals surface area contributed by atoms with Crippen LogP contribution in [-0.2, 0) is 0 Å². The minimum Gasteiger partial charge on any atom is -0.494 e. The molecule has 146 valence electrons. The molecule has 0 bridgehead atoms. The van der Waals surface area contributed by atoms with Crippen LogP contribution in [0.4, 0.5) is 0 Å². The van der Waals surface area contributed by atoms with E-state index in [0.717, 1.165) is 12.8 Å². The number of aromatic hydroxyl groups is 1. The Kier molecular flexibility index (Phi) is 5.97. The Morgan fingerprint density at radius 2 is 2.04 bits per heavy atom. The zero-order chi connectivity index (χ0) is 20.4. The van der Waals surface area contributed by atoms with Gasteiger partial charge in [0.15, 0.2) is 6.61 Å². The maximum atomic E-state index is 12.8. The summed E-state index contributed by atoms with van der Waals surface area (Å²) >= 11 is 11.9. The van der Waals surface area contributed by atoms with Crippen molar-refractivity contribution in [2.24, 2.45) is 0 Å². The zero-order valence-corrected chi connectivity index (χ0v) is 16.7. The number of aromatic nitrogens is 1. The fourth-order valence-electron chi connectivity index (χ4n) is 3.56. The molecule has 1 fully saturated rings. The van der Waals surface area contributed by atoms with Crippen LogP contribution in [0, 0.1) is 18.3 Å². The first-order valence-corrected chi connectivity index (χ1v) is 9.60. The van der Waals surface area contributed by atoms with E-state index in [0.29, 0.717) is 17.9 Å². The Labute approximate surface area is 171 Å². The molecule has 1 N–H and O–H groups in total. The monoisotopic (exact) mass is 420 g/mol. The number of hydrogen-bond donors (Lipinski definition) is 1. The minimum absolute atomic E-state index is 0.0758. The highest BCUT2D eigenvalue weighted by Gasteiger charge is 2.29. The third kappa shape index (κ3) is 3.73. The van der Waals surface area contributed by atoms with Gasteiger partial charge >= 0.3 is 0 Å². The van der Waals surface area contributed by atoms with E-state index in [-0.39, 0.29) is 33.5 Å². The van der Waals surface area contributed by atoms with Gasteiger partial charge in [-0.15, -0.1) is 0 Å². The number of hydrogen-bond acceptors (Lipinski definition) is 5. The van der Waals surface area contributed by atoms with Crippen molar-refractivity contribution >= 4 is 29.0 Å². The van der Waals surface area contributed by atoms with Gasteiger partial charge < -0.3 is 9.84 Å². The first kappa shape index (κ1) is 20.2. The van der Waals surface area contributed by atoms with Crippen LogP contribution < -0.4 is 10.3 Å². The number of nitrogens with zero attached hydrogens (tertiary/aromatic N) is 2. The SMILES string of the molecule is Cc1c(C(=O)COc2ccc(Cl)cc2Cl)c(O)n(C2CCCC2)c(=O)c1C#N. The van der Waals surface area contributed by atoms with E-state index in [1.54, 1.807) is 6.07 Å². The Morgan fingerprint density at radius 1 is 1.36 bits per heavy atom. The molecule has 0 amide bonds. The Bertz CT molecular complexity index is 1030. The van der Waals surface area contributed by atoms with Crippen LogP contribution in [-0.4, -0.2) is 22.1 Å². The normalized spacial score (nSPS) is 14.1. The summed E-state index contributed by atoms with van der Waals surface area (Å²) in [7, 11) is 0. The van der Waals surface area contributed by atoms with Gasteiger partial charge in [0.05, 0.1) is 10.6 Å². The van der Waals surface area contributed by atoms with Crippen molar-refractivity contribution in [2.75, 3.05) is 6.61 Å². The first-order chi connectivity index (χ1) is 13.3. The average molecular weight is 421 g/mol. The Morgan fingerprint density at radius 3 is 2.64 bits per heavy atom. The molecule has 1 saturated carbocycles. The summed E-state index contributed by atoms with van der Waals surface area (Å²) in [6.45, 7) is 1.06. The summed E-state index contributed by atoms with van der Waals surface area (Å²) in [5, 5.41) is 20.8. The summed E-state index contributed by atoms with van der Waals surface area (Å²) in [6, 6.07) is 6.23. The predicted molar refractivity (Wildman–Crippen MR) is 106 cm³/mol. The molecule has 0 radical (unpaired) electrons. The lowest BCUT2D eigenvalue weighted by molar-refractivity contribution is 0.0916. The molecule has 0 unspecified atom stereocenters. The maximum Gasteiger partial charge on any atom is 0.271 e. The lowest BCUT2D eigenvalue weighted by Gasteiger charge is -2.20. The van der Waals surface area contributed by atoms with Gasteiger partial charge in [0.2, 0.25) is 11.7 Å². The Hall–Kier alpha value is -2.49. The van der Waals surface area contributed by atoms with Gasteiger partial charge in [0, 0.05) is 11.1 Å². The van der Waals surface area contributed by atoms with E-state index in [1.807, 2.05) is 6.07 Å². The van der Waals surface area contributed by atoms with Crippen LogP contribution in [0.3, 0.4) is 0 Å². The zero-order valence-electron chi connectivity index (χ0n) is 15.2. The van der Waals surface area contributed by atoms with Gasteiger partial charge in [-0.3, -0.25) is 14.2 Å². The van der Waals surface area contributed by atoms with Gasteiger partial charge in [-0.25, -0.2) is 0 Å². The van der Waals surface area contributed by atoms with Crippen LogP contribution in [0.15, 0.2) is 23.0 Å². The predicted octanol–water partition coefficient (Wildman–Crippen LogP) is 4.42. The molecule has 0 atom stereocenters. The number of halogens is 2. The average Bonchev–Trinajstić information content (AvgIpc) is 3.15. The number of ketones is 1. The molecule has 0 spiro atoms. The van der Waals surface area contributed by atoms with Crippen molar-refractivity contribution < 1.29 is 14.6 Å². The number of ether oxygens (including phenoxy) is 1. The highest BCUT2D eigenvalue weighted by atomic mass is 35.5. The summed E-state index contributed by atoms with van der Waals surface area (Å²) in [5.41, 5.74) is -0.636. The second kappa shape index (κ2) is 8.26. The standard InChI is InChI=1S/C20H18Cl2N2O4/c1-11-14(9-23)19(26)24(13-4-2-3-5-13)20(27)18(11)16(25)10-28-17-7-6-12(21)8-15(17)22/h6-8,13,27H,2-5,10H2,1H3. The molecule has 1 aromatic heterocycles. The highest BCUT2D eigenvalue weighted by Crippen LogP contribution is 2.34. The van der Waals surface area contributed by atoms with Crippen molar-refractivity contribution in [3.05, 3.63) is 55.3 Å². The minimum atomic E-state index is -0.567. The maximum absolute atomic E-state index is 12.8. The third-order valence-corrected chi connectivity index (χ3v) is 5.50. The molecule has 0 saturated heterocycles. The summed E-state index contributed by atoms with van der Waals surface area (Å²) in [5.74, 6) is -0.699. The van der Waals surface area contributed by atoms with Crippen molar-refractivity contribution in [3.63, 3.8) is 0 Å². The second-order valence-corrected chi connectivity index (χ2v) is 7.55. The smallest absolute Gasteiger partial charge is 0.271 e. The van der Waals surface area contributed by atoms with E-state index < -0.39 is 23.8 Å². The molecule has 28 heavy (non-hydrogen) atoms. The number of pyridine rings is 1. The lowest BCUT2D eigenvalue weighted by Crippen LogP contribution is -2.29. The number of carbonyl (C=O) groups excluding carboxylic acids is 1. The van der Waals surface area contributed by atoms with Crippen molar-refractivity contribution in [1.82, 2.24) is 4.57 Å². The van der Waals surface area contributed by atoms with E-state index in [9.17, 15) is 20.0 Å². The molecule has 1 aliphatic rings. The number of benzene rings is 1. The van der Waals surface area contributed by atoms with Crippen LogP contribution in [0.5, 0.6) is 11.6 Å². The van der Waals surface area contributed by atoms with Crippen LogP contribution in [0.2, 0.25) is 10.0 Å². The second-order valence-electron chi connectivity index (χ2n) is 6.71. The Balaban J connectivity index is 1.98. The quantitative estimate of drug-likeness (QED) is 0.722. The molecule has 1 aliphatic carbocycles. The van der Waals surface area contributed by atoms with E-state index >= 15 is 0 Å². The topological polar surface area (TPSA) is 92.3 Å². The van der Waals surface area contributed by atoms with Crippen LogP contribution in [0.25, 0.3) is 0 Å². The van der Waals surface area contributed by atoms with Gasteiger partial charge in [0.1, 0.15) is 17.4 Å². The van der Waals surface area contributed by atoms with Crippen LogP contribution >= 0.6 is 23.2 Å². The molecule has 3 rings (SSSR count). The molecule has 1 heterocycles. The van der Waals surface area contributed by atoms with E-state index in [1.165, 1.54) is 23.6 Å². The van der Waals surface area contributed by atoms with Crippen molar-refractivity contribution in [1.29, 1.82) is 5.26 Å². The third-order valence-electron chi connectivity index (χ3n) is 4.97. The lowest BCUT2D eigenvalue weighted by atomic mass is 10.0. The molecule has 8 heteroatoms. The van der Waals surface area contributed by atoms with Gasteiger partial charge in [-0.05, 0) is 43.5 Å². The molecule has 2 aromatic rings. The van der Waals surface area contributed by atoms with Crippen molar-refractivity contribution in [3.8, 4) is 17.7 Å². The number of carbonyl (C=O) groups is 1. The molecule has 6 nitrogen and oxygen atoms in total. The molecular formula is C20H18Cl2N2O4. The molecule has 1 aromatic carbocycles. The summed E-state index contributed by atoms with van der Waals surface area (Å²) < 4.78 is 6.65. The van der Waals surface area contributed by atoms with E-state index in [2.05, 4.69) is 0 Å². The molecular weight excluding hydrogens is 403 g/mol.